The third-order valence-electron chi connectivity index (χ3n) is 4.10. The summed E-state index contributed by atoms with van der Waals surface area (Å²) in [6.45, 7) is 6.86. The monoisotopic (exact) mass is 322 g/mol. The molecule has 2 atom stereocenters. The van der Waals surface area contributed by atoms with Crippen LogP contribution in [0.15, 0.2) is 18.3 Å². The first-order valence-corrected chi connectivity index (χ1v) is 7.73. The molecule has 0 spiro atoms. The predicted molar refractivity (Wildman–Crippen MR) is 84.4 cm³/mol. The molecule has 7 heteroatoms. The topological polar surface area (TPSA) is 52.5 Å². The fourth-order valence-corrected chi connectivity index (χ4v) is 3.05. The molecular formula is C16H20F2N4O. The number of aliphatic hydroxyl groups is 1. The van der Waals surface area contributed by atoms with Gasteiger partial charge in [-0.2, -0.15) is 0 Å². The second-order valence-electron chi connectivity index (χ2n) is 6.13. The number of aliphatic hydroxyl groups excluding tert-OH is 1. The molecule has 23 heavy (non-hydrogen) atoms. The molecular weight excluding hydrogens is 302 g/mol. The lowest BCUT2D eigenvalue weighted by molar-refractivity contribution is 0.114. The van der Waals surface area contributed by atoms with Crippen LogP contribution in [0.4, 0.5) is 14.6 Å². The van der Waals surface area contributed by atoms with Gasteiger partial charge in [0.2, 0.25) is 0 Å². The highest BCUT2D eigenvalue weighted by atomic mass is 19.2. The smallest absolute Gasteiger partial charge is 0.161 e. The van der Waals surface area contributed by atoms with Crippen LogP contribution in [0.1, 0.15) is 13.8 Å². The number of halogens is 2. The number of β-amino-alcohol motifs (C(OH)–C–C–N with tert-alkyl or cyclic N) is 1. The number of nitrogens with zero attached hydrogens (tertiary/aromatic N) is 4. The van der Waals surface area contributed by atoms with Gasteiger partial charge in [0.05, 0.1) is 23.3 Å². The average molecular weight is 322 g/mol. The first-order valence-electron chi connectivity index (χ1n) is 7.73. The van der Waals surface area contributed by atoms with E-state index in [-0.39, 0.29) is 12.1 Å². The van der Waals surface area contributed by atoms with E-state index in [0.717, 1.165) is 31.8 Å². The van der Waals surface area contributed by atoms with Crippen LogP contribution in [0, 0.1) is 11.6 Å². The number of hydrogen-bond donors (Lipinski definition) is 1. The lowest BCUT2D eigenvalue weighted by Gasteiger charge is -2.40. The van der Waals surface area contributed by atoms with Gasteiger partial charge in [-0.1, -0.05) is 0 Å². The van der Waals surface area contributed by atoms with Crippen molar-refractivity contribution in [2.75, 3.05) is 31.1 Å². The van der Waals surface area contributed by atoms with Gasteiger partial charge in [-0.15, -0.1) is 0 Å². The molecule has 124 valence electrons. The standard InChI is InChI=1S/C16H20F2N4O/c1-10-8-21(9-11(2)23)3-4-22(10)16-7-19-14-5-12(17)13(18)6-15(14)20-16/h5-7,10-11,23H,3-4,8-9H2,1-2H3. The Bertz CT molecular complexity index is 710. The molecule has 5 nitrogen and oxygen atoms in total. The van der Waals surface area contributed by atoms with Gasteiger partial charge in [-0.3, -0.25) is 9.88 Å². The zero-order chi connectivity index (χ0) is 16.6. The molecule has 1 aliphatic rings. The van der Waals surface area contributed by atoms with Crippen LogP contribution in [0.3, 0.4) is 0 Å². The molecule has 0 saturated carbocycles. The van der Waals surface area contributed by atoms with E-state index in [2.05, 4.69) is 26.7 Å². The highest BCUT2D eigenvalue weighted by Gasteiger charge is 2.25. The Morgan fingerprint density at radius 1 is 1.26 bits per heavy atom. The predicted octanol–water partition coefficient (Wildman–Crippen LogP) is 1.80. The van der Waals surface area contributed by atoms with E-state index in [1.165, 1.54) is 0 Å². The fourth-order valence-electron chi connectivity index (χ4n) is 3.05. The molecule has 3 rings (SSSR count). The van der Waals surface area contributed by atoms with E-state index in [1.54, 1.807) is 13.1 Å². The van der Waals surface area contributed by atoms with Gasteiger partial charge < -0.3 is 10.0 Å². The molecule has 0 amide bonds. The Hall–Kier alpha value is -1.86. The molecule has 0 radical (unpaired) electrons. The Morgan fingerprint density at radius 2 is 1.96 bits per heavy atom. The highest BCUT2D eigenvalue weighted by molar-refractivity contribution is 5.75. The number of fused-ring (bicyclic) bond motifs is 1. The van der Waals surface area contributed by atoms with Crippen LogP contribution in [0.25, 0.3) is 11.0 Å². The number of hydrogen-bond acceptors (Lipinski definition) is 5. The normalized spacial score (nSPS) is 20.9. The molecule has 2 aromatic rings. The van der Waals surface area contributed by atoms with Crippen LogP contribution < -0.4 is 4.90 Å². The van der Waals surface area contributed by atoms with Crippen LogP contribution >= 0.6 is 0 Å². The molecule has 2 heterocycles. The minimum atomic E-state index is -0.918. The average Bonchev–Trinajstić information content (AvgIpc) is 2.48. The number of benzene rings is 1. The lowest BCUT2D eigenvalue weighted by atomic mass is 10.1. The van der Waals surface area contributed by atoms with E-state index >= 15 is 0 Å². The van der Waals surface area contributed by atoms with Crippen molar-refractivity contribution in [1.82, 2.24) is 14.9 Å². The van der Waals surface area contributed by atoms with Crippen molar-refractivity contribution in [3.63, 3.8) is 0 Å². The first kappa shape index (κ1) is 16.0. The SMILES string of the molecule is CC(O)CN1CCN(c2cnc3cc(F)c(F)cc3n2)C(C)C1. The van der Waals surface area contributed by atoms with Gasteiger partial charge in [0.25, 0.3) is 0 Å². The Labute approximate surface area is 133 Å². The molecule has 1 aromatic heterocycles. The summed E-state index contributed by atoms with van der Waals surface area (Å²) in [5.74, 6) is -1.17. The van der Waals surface area contributed by atoms with Crippen molar-refractivity contribution in [3.8, 4) is 0 Å². The van der Waals surface area contributed by atoms with E-state index in [4.69, 9.17) is 0 Å². The van der Waals surface area contributed by atoms with Gasteiger partial charge >= 0.3 is 0 Å². The maximum Gasteiger partial charge on any atom is 0.161 e. The second kappa shape index (κ2) is 6.33. The molecule has 0 bridgehead atoms. The van der Waals surface area contributed by atoms with Crippen molar-refractivity contribution in [1.29, 1.82) is 0 Å². The Morgan fingerprint density at radius 3 is 2.61 bits per heavy atom. The summed E-state index contributed by atoms with van der Waals surface area (Å²) in [5, 5.41) is 9.50. The molecule has 0 aliphatic carbocycles. The van der Waals surface area contributed by atoms with E-state index in [1.807, 2.05) is 0 Å². The number of aromatic nitrogens is 2. The summed E-state index contributed by atoms with van der Waals surface area (Å²) in [6.07, 6.45) is 1.24. The van der Waals surface area contributed by atoms with Crippen LogP contribution in [-0.2, 0) is 0 Å². The number of anilines is 1. The van der Waals surface area contributed by atoms with Gasteiger partial charge in [0, 0.05) is 44.4 Å². The Balaban J connectivity index is 1.82. The zero-order valence-corrected chi connectivity index (χ0v) is 13.2. The van der Waals surface area contributed by atoms with Gasteiger partial charge in [-0.05, 0) is 13.8 Å². The van der Waals surface area contributed by atoms with Crippen molar-refractivity contribution in [2.24, 2.45) is 0 Å². The van der Waals surface area contributed by atoms with Crippen LogP contribution in [0.5, 0.6) is 0 Å². The maximum atomic E-state index is 13.4. The van der Waals surface area contributed by atoms with Crippen LogP contribution in [-0.4, -0.2) is 58.3 Å². The van der Waals surface area contributed by atoms with Crippen LogP contribution in [0.2, 0.25) is 0 Å². The highest BCUT2D eigenvalue weighted by Crippen LogP contribution is 2.22. The van der Waals surface area contributed by atoms with Crippen molar-refractivity contribution in [3.05, 3.63) is 30.0 Å². The third-order valence-corrected chi connectivity index (χ3v) is 4.10. The summed E-state index contributed by atoms with van der Waals surface area (Å²) in [5.41, 5.74) is 0.688. The largest absolute Gasteiger partial charge is 0.392 e. The fraction of sp³-hybridized carbons (Fsp3) is 0.500. The number of piperazine rings is 1. The quantitative estimate of drug-likeness (QED) is 0.934. The van der Waals surface area contributed by atoms with Crippen molar-refractivity contribution in [2.45, 2.75) is 26.0 Å². The maximum absolute atomic E-state index is 13.4. The summed E-state index contributed by atoms with van der Waals surface area (Å²) in [7, 11) is 0. The minimum Gasteiger partial charge on any atom is -0.392 e. The van der Waals surface area contributed by atoms with Gasteiger partial charge in [0.15, 0.2) is 11.6 Å². The minimum absolute atomic E-state index is 0.194. The molecule has 1 N–H and O–H groups in total. The van der Waals surface area contributed by atoms with Gasteiger partial charge in [0.1, 0.15) is 5.82 Å². The van der Waals surface area contributed by atoms with Gasteiger partial charge in [-0.25, -0.2) is 13.8 Å². The summed E-state index contributed by atoms with van der Waals surface area (Å²) in [4.78, 5) is 12.9. The Kier molecular flexibility index (Phi) is 4.41. The summed E-state index contributed by atoms with van der Waals surface area (Å²) in [6, 6.07) is 2.33. The lowest BCUT2D eigenvalue weighted by Crippen LogP contribution is -2.53. The molecule has 2 unspecified atom stereocenters. The van der Waals surface area contributed by atoms with E-state index in [0.29, 0.717) is 23.4 Å². The third kappa shape index (κ3) is 3.40. The molecule has 1 fully saturated rings. The summed E-state index contributed by atoms with van der Waals surface area (Å²) < 4.78 is 26.6. The van der Waals surface area contributed by atoms with Crippen molar-refractivity contribution < 1.29 is 13.9 Å². The van der Waals surface area contributed by atoms with E-state index < -0.39 is 11.6 Å². The zero-order valence-electron chi connectivity index (χ0n) is 13.2. The molecule has 1 aromatic carbocycles. The van der Waals surface area contributed by atoms with E-state index in [9.17, 15) is 13.9 Å². The second-order valence-corrected chi connectivity index (χ2v) is 6.13. The molecule has 1 saturated heterocycles. The van der Waals surface area contributed by atoms with Crippen molar-refractivity contribution >= 4 is 16.9 Å². The first-order chi connectivity index (χ1) is 10.9. The molecule has 1 aliphatic heterocycles. The number of rotatable bonds is 3. The summed E-state index contributed by atoms with van der Waals surface area (Å²) >= 11 is 0.